The molecule has 0 radical (unpaired) electrons. The van der Waals surface area contributed by atoms with Crippen LogP contribution in [0.25, 0.3) is 0 Å². The molecule has 0 aromatic carbocycles. The van der Waals surface area contributed by atoms with Crippen LogP contribution in [-0.4, -0.2) is 34.6 Å². The summed E-state index contributed by atoms with van der Waals surface area (Å²) in [4.78, 5) is 0. The third kappa shape index (κ3) is 4.02. The molecular formula is C17H31N3O2. The van der Waals surface area contributed by atoms with Crippen molar-refractivity contribution in [2.75, 3.05) is 13.7 Å². The van der Waals surface area contributed by atoms with E-state index < -0.39 is 0 Å². The Hall–Kier alpha value is -1.07. The fourth-order valence-corrected chi connectivity index (χ4v) is 3.74. The number of aliphatic hydroxyl groups is 1. The summed E-state index contributed by atoms with van der Waals surface area (Å²) in [5.41, 5.74) is 2.25. The van der Waals surface area contributed by atoms with Crippen molar-refractivity contribution >= 4 is 0 Å². The maximum absolute atomic E-state index is 9.39. The van der Waals surface area contributed by atoms with Crippen molar-refractivity contribution in [3.8, 4) is 5.88 Å². The lowest BCUT2D eigenvalue weighted by atomic mass is 9.82. The van der Waals surface area contributed by atoms with E-state index in [1.54, 1.807) is 7.11 Å². The van der Waals surface area contributed by atoms with Gasteiger partial charge in [0.25, 0.3) is 0 Å². The number of hydrogen-bond acceptors (Lipinski definition) is 4. The highest BCUT2D eigenvalue weighted by Crippen LogP contribution is 2.29. The highest BCUT2D eigenvalue weighted by Gasteiger charge is 2.24. The first-order chi connectivity index (χ1) is 10.7. The lowest BCUT2D eigenvalue weighted by Gasteiger charge is -2.31. The van der Waals surface area contributed by atoms with E-state index in [2.05, 4.69) is 17.3 Å². The Labute approximate surface area is 134 Å². The second-order valence-corrected chi connectivity index (χ2v) is 6.31. The van der Waals surface area contributed by atoms with Crippen LogP contribution in [0, 0.1) is 5.92 Å². The van der Waals surface area contributed by atoms with E-state index in [1.807, 2.05) is 11.7 Å². The highest BCUT2D eigenvalue weighted by molar-refractivity contribution is 5.31. The average Bonchev–Trinajstić information content (AvgIpc) is 2.87. The van der Waals surface area contributed by atoms with Crippen LogP contribution in [0.15, 0.2) is 0 Å². The summed E-state index contributed by atoms with van der Waals surface area (Å²) in [6.45, 7) is 3.14. The molecule has 1 saturated carbocycles. The van der Waals surface area contributed by atoms with E-state index in [1.165, 1.54) is 32.1 Å². The molecule has 0 aliphatic heterocycles. The Kier molecular flexibility index (Phi) is 6.70. The monoisotopic (exact) mass is 309 g/mol. The van der Waals surface area contributed by atoms with E-state index in [0.717, 1.165) is 36.5 Å². The first kappa shape index (κ1) is 17.3. The molecule has 1 aromatic rings. The molecule has 1 aliphatic rings. The van der Waals surface area contributed by atoms with Crippen LogP contribution >= 0.6 is 0 Å². The maximum atomic E-state index is 9.39. The van der Waals surface area contributed by atoms with Crippen molar-refractivity contribution in [2.45, 2.75) is 64.5 Å². The summed E-state index contributed by atoms with van der Waals surface area (Å²) in [5, 5.41) is 17.6. The molecule has 22 heavy (non-hydrogen) atoms. The summed E-state index contributed by atoms with van der Waals surface area (Å²) in [6.07, 6.45) is 8.30. The van der Waals surface area contributed by atoms with Crippen molar-refractivity contribution in [1.29, 1.82) is 0 Å². The smallest absolute Gasteiger partial charge is 0.216 e. The summed E-state index contributed by atoms with van der Waals surface area (Å²) in [7, 11) is 3.63. The molecule has 0 saturated heterocycles. The number of rotatable bonds is 8. The van der Waals surface area contributed by atoms with Crippen LogP contribution in [0.3, 0.4) is 0 Å². The molecule has 1 unspecified atom stereocenters. The van der Waals surface area contributed by atoms with Gasteiger partial charge >= 0.3 is 0 Å². The number of ether oxygens (including phenoxy) is 1. The van der Waals surface area contributed by atoms with Crippen molar-refractivity contribution < 1.29 is 9.84 Å². The zero-order chi connectivity index (χ0) is 15.9. The van der Waals surface area contributed by atoms with Crippen LogP contribution in [0.1, 0.15) is 56.7 Å². The van der Waals surface area contributed by atoms with Gasteiger partial charge in [0, 0.05) is 26.2 Å². The second kappa shape index (κ2) is 8.53. The lowest BCUT2D eigenvalue weighted by molar-refractivity contribution is 0.205. The van der Waals surface area contributed by atoms with Gasteiger partial charge in [-0.3, -0.25) is 0 Å². The van der Waals surface area contributed by atoms with Crippen molar-refractivity contribution in [1.82, 2.24) is 15.1 Å². The van der Waals surface area contributed by atoms with Gasteiger partial charge in [0.15, 0.2) is 0 Å². The first-order valence-corrected chi connectivity index (χ1v) is 8.64. The van der Waals surface area contributed by atoms with E-state index in [4.69, 9.17) is 4.74 Å². The molecule has 1 aromatic heterocycles. The molecule has 1 atom stereocenters. The van der Waals surface area contributed by atoms with Gasteiger partial charge in [-0.2, -0.15) is 5.10 Å². The van der Waals surface area contributed by atoms with Gasteiger partial charge in [-0.1, -0.05) is 26.2 Å². The SMILES string of the molecule is CCc1nn(C)c(OC)c1CNC(CCO)C1CCCCC1. The van der Waals surface area contributed by atoms with Crippen LogP contribution in [-0.2, 0) is 20.0 Å². The molecule has 2 rings (SSSR count). The van der Waals surface area contributed by atoms with Crippen LogP contribution in [0.4, 0.5) is 0 Å². The molecule has 5 nitrogen and oxygen atoms in total. The zero-order valence-corrected chi connectivity index (χ0v) is 14.3. The van der Waals surface area contributed by atoms with Crippen molar-refractivity contribution in [3.63, 3.8) is 0 Å². The molecule has 126 valence electrons. The quantitative estimate of drug-likeness (QED) is 0.774. The maximum Gasteiger partial charge on any atom is 0.216 e. The standard InChI is InChI=1S/C17H31N3O2/c1-4-15-14(17(22-3)20(2)19-15)12-18-16(10-11-21)13-8-6-5-7-9-13/h13,16,18,21H,4-12H2,1-3H3. The average molecular weight is 309 g/mol. The molecular weight excluding hydrogens is 278 g/mol. The number of nitrogens with one attached hydrogen (secondary N) is 1. The molecule has 1 fully saturated rings. The van der Waals surface area contributed by atoms with Gasteiger partial charge in [-0.05, 0) is 31.6 Å². The largest absolute Gasteiger partial charge is 0.481 e. The molecule has 1 aliphatic carbocycles. The molecule has 2 N–H and O–H groups in total. The van der Waals surface area contributed by atoms with E-state index in [0.29, 0.717) is 12.0 Å². The topological polar surface area (TPSA) is 59.3 Å². The Morgan fingerprint density at radius 3 is 2.68 bits per heavy atom. The number of aromatic nitrogens is 2. The summed E-state index contributed by atoms with van der Waals surface area (Å²) >= 11 is 0. The number of hydrogen-bond donors (Lipinski definition) is 2. The highest BCUT2D eigenvalue weighted by atomic mass is 16.5. The van der Waals surface area contributed by atoms with Gasteiger partial charge in [-0.15, -0.1) is 0 Å². The zero-order valence-electron chi connectivity index (χ0n) is 14.3. The Balaban J connectivity index is 2.05. The summed E-state index contributed by atoms with van der Waals surface area (Å²) < 4.78 is 7.32. The summed E-state index contributed by atoms with van der Waals surface area (Å²) in [6, 6.07) is 0.389. The summed E-state index contributed by atoms with van der Waals surface area (Å²) in [5.74, 6) is 1.53. The lowest BCUT2D eigenvalue weighted by Crippen LogP contribution is -2.37. The molecule has 1 heterocycles. The number of nitrogens with zero attached hydrogens (tertiary/aromatic N) is 2. The van der Waals surface area contributed by atoms with Crippen LogP contribution in [0.5, 0.6) is 5.88 Å². The third-order valence-electron chi connectivity index (χ3n) is 4.90. The van der Waals surface area contributed by atoms with Gasteiger partial charge < -0.3 is 15.2 Å². The molecule has 0 amide bonds. The van der Waals surface area contributed by atoms with Crippen molar-refractivity contribution in [3.05, 3.63) is 11.3 Å². The number of aliphatic hydroxyl groups excluding tert-OH is 1. The number of aryl methyl sites for hydroxylation is 2. The predicted octanol–water partition coefficient (Wildman–Crippen LogP) is 2.41. The minimum absolute atomic E-state index is 0.249. The fourth-order valence-electron chi connectivity index (χ4n) is 3.74. The Morgan fingerprint density at radius 2 is 2.09 bits per heavy atom. The Bertz CT molecular complexity index is 453. The van der Waals surface area contributed by atoms with Gasteiger partial charge in [0.1, 0.15) is 0 Å². The fraction of sp³-hybridized carbons (Fsp3) is 0.824. The Morgan fingerprint density at radius 1 is 1.36 bits per heavy atom. The second-order valence-electron chi connectivity index (χ2n) is 6.31. The van der Waals surface area contributed by atoms with Gasteiger partial charge in [-0.25, -0.2) is 4.68 Å². The van der Waals surface area contributed by atoms with Gasteiger partial charge in [0.05, 0.1) is 18.4 Å². The predicted molar refractivity (Wildman–Crippen MR) is 88.0 cm³/mol. The molecule has 0 bridgehead atoms. The molecule has 5 heteroatoms. The minimum Gasteiger partial charge on any atom is -0.481 e. The van der Waals surface area contributed by atoms with Crippen LogP contribution in [0.2, 0.25) is 0 Å². The minimum atomic E-state index is 0.249. The number of methoxy groups -OCH3 is 1. The third-order valence-corrected chi connectivity index (χ3v) is 4.90. The first-order valence-electron chi connectivity index (χ1n) is 8.64. The van der Waals surface area contributed by atoms with E-state index >= 15 is 0 Å². The van der Waals surface area contributed by atoms with Gasteiger partial charge in [0.2, 0.25) is 5.88 Å². The molecule has 0 spiro atoms. The van der Waals surface area contributed by atoms with Crippen LogP contribution < -0.4 is 10.1 Å². The van der Waals surface area contributed by atoms with Crippen molar-refractivity contribution in [2.24, 2.45) is 13.0 Å². The van der Waals surface area contributed by atoms with E-state index in [-0.39, 0.29) is 6.61 Å². The normalized spacial score (nSPS) is 17.6. The van der Waals surface area contributed by atoms with E-state index in [9.17, 15) is 5.11 Å².